The zero-order valence-corrected chi connectivity index (χ0v) is 13.0. The lowest BCUT2D eigenvalue weighted by Gasteiger charge is -2.37. The minimum atomic E-state index is -0.166. The molecule has 1 aromatic carbocycles. The third-order valence-corrected chi connectivity index (χ3v) is 3.91. The minimum absolute atomic E-state index is 0.0204. The van der Waals surface area contributed by atoms with E-state index in [-0.39, 0.29) is 17.5 Å². The second kappa shape index (κ2) is 5.96. The summed E-state index contributed by atoms with van der Waals surface area (Å²) in [7, 11) is 0. The van der Waals surface area contributed by atoms with E-state index >= 15 is 0 Å². The van der Waals surface area contributed by atoms with Gasteiger partial charge in [-0.05, 0) is 45.2 Å². The lowest BCUT2D eigenvalue weighted by atomic mass is 10.0. The van der Waals surface area contributed by atoms with Crippen molar-refractivity contribution >= 4 is 5.91 Å². The molecule has 1 amide bonds. The molecule has 2 atom stereocenters. The van der Waals surface area contributed by atoms with Gasteiger partial charge in [-0.3, -0.25) is 4.79 Å². The van der Waals surface area contributed by atoms with Crippen molar-refractivity contribution in [3.8, 4) is 0 Å². The Morgan fingerprint density at radius 1 is 1.30 bits per heavy atom. The molecule has 1 aliphatic heterocycles. The molecular formula is C17H26N2O. The van der Waals surface area contributed by atoms with Crippen LogP contribution in [0, 0.1) is 5.92 Å². The predicted octanol–water partition coefficient (Wildman–Crippen LogP) is 2.81. The second-order valence-electron chi connectivity index (χ2n) is 6.88. The average Bonchev–Trinajstić information content (AvgIpc) is 2.82. The number of carbonyl (C=O) groups excluding carboxylic acids is 1. The molecule has 2 rings (SSSR count). The molecule has 0 saturated carbocycles. The molecule has 1 aliphatic rings. The molecule has 20 heavy (non-hydrogen) atoms. The van der Waals surface area contributed by atoms with Crippen molar-refractivity contribution < 1.29 is 4.79 Å². The fraction of sp³-hybridized carbons (Fsp3) is 0.588. The van der Waals surface area contributed by atoms with Crippen LogP contribution in [0.5, 0.6) is 0 Å². The largest absolute Gasteiger partial charge is 0.332 e. The van der Waals surface area contributed by atoms with Gasteiger partial charge in [0.15, 0.2) is 0 Å². The summed E-state index contributed by atoms with van der Waals surface area (Å²) in [5.74, 6) is 0.813. The Kier molecular flexibility index (Phi) is 4.48. The summed E-state index contributed by atoms with van der Waals surface area (Å²) in [6.45, 7) is 10.1. The highest BCUT2D eigenvalue weighted by Crippen LogP contribution is 2.22. The summed E-state index contributed by atoms with van der Waals surface area (Å²) >= 11 is 0. The van der Waals surface area contributed by atoms with Crippen molar-refractivity contribution in [3.63, 3.8) is 0 Å². The van der Waals surface area contributed by atoms with Crippen LogP contribution in [0.3, 0.4) is 0 Å². The first-order valence-electron chi connectivity index (χ1n) is 7.46. The third-order valence-electron chi connectivity index (χ3n) is 3.91. The molecule has 1 heterocycles. The van der Waals surface area contributed by atoms with Gasteiger partial charge in [0.2, 0.25) is 5.91 Å². The van der Waals surface area contributed by atoms with Gasteiger partial charge >= 0.3 is 0 Å². The maximum absolute atomic E-state index is 12.8. The van der Waals surface area contributed by atoms with Gasteiger partial charge in [-0.1, -0.05) is 37.3 Å². The van der Waals surface area contributed by atoms with Crippen LogP contribution in [0.1, 0.15) is 39.7 Å². The van der Waals surface area contributed by atoms with Gasteiger partial charge in [0.1, 0.15) is 0 Å². The number of nitrogens with one attached hydrogen (secondary N) is 1. The summed E-state index contributed by atoms with van der Waals surface area (Å²) in [5.41, 5.74) is 1.02. The lowest BCUT2D eigenvalue weighted by Crippen LogP contribution is -2.51. The Hall–Kier alpha value is -1.35. The van der Waals surface area contributed by atoms with Crippen LogP contribution < -0.4 is 5.32 Å². The van der Waals surface area contributed by atoms with Crippen LogP contribution in [0.4, 0.5) is 0 Å². The number of rotatable bonds is 3. The van der Waals surface area contributed by atoms with Crippen molar-refractivity contribution in [2.75, 3.05) is 6.54 Å². The van der Waals surface area contributed by atoms with E-state index in [1.807, 2.05) is 23.1 Å². The van der Waals surface area contributed by atoms with E-state index in [1.54, 1.807) is 0 Å². The molecule has 1 fully saturated rings. The molecule has 2 unspecified atom stereocenters. The smallest absolute Gasteiger partial charge is 0.240 e. The van der Waals surface area contributed by atoms with E-state index in [4.69, 9.17) is 0 Å². The quantitative estimate of drug-likeness (QED) is 0.919. The maximum Gasteiger partial charge on any atom is 0.240 e. The summed E-state index contributed by atoms with van der Waals surface area (Å²) in [4.78, 5) is 14.8. The van der Waals surface area contributed by atoms with Crippen LogP contribution in [0.2, 0.25) is 0 Å². The highest BCUT2D eigenvalue weighted by molar-refractivity contribution is 5.83. The summed E-state index contributed by atoms with van der Waals surface area (Å²) in [5, 5.41) is 3.35. The standard InChI is InChI=1S/C17H26N2O/c1-13-10-15(18-11-13)16(20)19(17(2,3)4)12-14-8-6-5-7-9-14/h5-9,13,15,18H,10-12H2,1-4H3. The number of hydrogen-bond donors (Lipinski definition) is 1. The molecule has 1 N–H and O–H groups in total. The number of nitrogens with zero attached hydrogens (tertiary/aromatic N) is 1. The van der Waals surface area contributed by atoms with Crippen molar-refractivity contribution in [2.45, 2.75) is 52.2 Å². The van der Waals surface area contributed by atoms with Crippen LogP contribution in [0.15, 0.2) is 30.3 Å². The number of amides is 1. The SMILES string of the molecule is CC1CNC(C(=O)N(Cc2ccccc2)C(C)(C)C)C1. The number of carbonyl (C=O) groups is 1. The Morgan fingerprint density at radius 2 is 1.95 bits per heavy atom. The molecule has 0 bridgehead atoms. The number of benzene rings is 1. The second-order valence-corrected chi connectivity index (χ2v) is 6.88. The molecular weight excluding hydrogens is 248 g/mol. The zero-order chi connectivity index (χ0) is 14.8. The highest BCUT2D eigenvalue weighted by Gasteiger charge is 2.34. The molecule has 0 aromatic heterocycles. The predicted molar refractivity (Wildman–Crippen MR) is 82.3 cm³/mol. The molecule has 1 saturated heterocycles. The fourth-order valence-corrected chi connectivity index (χ4v) is 2.70. The molecule has 3 heteroatoms. The van der Waals surface area contributed by atoms with E-state index in [9.17, 15) is 4.79 Å². The summed E-state index contributed by atoms with van der Waals surface area (Å²) < 4.78 is 0. The molecule has 110 valence electrons. The topological polar surface area (TPSA) is 32.3 Å². The summed E-state index contributed by atoms with van der Waals surface area (Å²) in [6, 6.07) is 10.2. The maximum atomic E-state index is 12.8. The first kappa shape index (κ1) is 15.0. The number of hydrogen-bond acceptors (Lipinski definition) is 2. The Morgan fingerprint density at radius 3 is 2.45 bits per heavy atom. The fourth-order valence-electron chi connectivity index (χ4n) is 2.70. The van der Waals surface area contributed by atoms with Crippen LogP contribution in [-0.4, -0.2) is 28.9 Å². The third kappa shape index (κ3) is 3.60. The Labute approximate surface area is 122 Å². The van der Waals surface area contributed by atoms with Crippen LogP contribution >= 0.6 is 0 Å². The summed E-state index contributed by atoms with van der Waals surface area (Å²) in [6.07, 6.45) is 0.945. The molecule has 0 aliphatic carbocycles. The van der Waals surface area contributed by atoms with E-state index in [0.717, 1.165) is 13.0 Å². The first-order chi connectivity index (χ1) is 9.38. The van der Waals surface area contributed by atoms with Gasteiger partial charge in [-0.25, -0.2) is 0 Å². The zero-order valence-electron chi connectivity index (χ0n) is 13.0. The average molecular weight is 274 g/mol. The van der Waals surface area contributed by atoms with Gasteiger partial charge < -0.3 is 10.2 Å². The van der Waals surface area contributed by atoms with Crippen molar-refractivity contribution in [1.29, 1.82) is 0 Å². The lowest BCUT2D eigenvalue weighted by molar-refractivity contribution is -0.138. The van der Waals surface area contributed by atoms with Gasteiger partial charge in [0, 0.05) is 12.1 Å². The Balaban J connectivity index is 2.14. The van der Waals surface area contributed by atoms with E-state index in [2.05, 4.69) is 45.1 Å². The van der Waals surface area contributed by atoms with E-state index < -0.39 is 0 Å². The molecule has 0 spiro atoms. The van der Waals surface area contributed by atoms with Crippen LogP contribution in [-0.2, 0) is 11.3 Å². The molecule has 0 radical (unpaired) electrons. The van der Waals surface area contributed by atoms with Crippen molar-refractivity contribution in [3.05, 3.63) is 35.9 Å². The van der Waals surface area contributed by atoms with Gasteiger partial charge in [-0.2, -0.15) is 0 Å². The van der Waals surface area contributed by atoms with Crippen molar-refractivity contribution in [2.24, 2.45) is 5.92 Å². The highest BCUT2D eigenvalue weighted by atomic mass is 16.2. The van der Waals surface area contributed by atoms with Crippen LogP contribution in [0.25, 0.3) is 0 Å². The van der Waals surface area contributed by atoms with Gasteiger partial charge in [-0.15, -0.1) is 0 Å². The molecule has 3 nitrogen and oxygen atoms in total. The van der Waals surface area contributed by atoms with Crippen molar-refractivity contribution in [1.82, 2.24) is 10.2 Å². The monoisotopic (exact) mass is 274 g/mol. The van der Waals surface area contributed by atoms with Gasteiger partial charge in [0.25, 0.3) is 0 Å². The normalized spacial score (nSPS) is 22.8. The van der Waals surface area contributed by atoms with E-state index in [0.29, 0.717) is 12.5 Å². The van der Waals surface area contributed by atoms with E-state index in [1.165, 1.54) is 5.56 Å². The molecule has 1 aromatic rings. The van der Waals surface area contributed by atoms with Gasteiger partial charge in [0.05, 0.1) is 6.04 Å². The Bertz CT molecular complexity index is 450. The minimum Gasteiger partial charge on any atom is -0.332 e. The first-order valence-corrected chi connectivity index (χ1v) is 7.46.